The predicted molar refractivity (Wildman–Crippen MR) is 131 cm³/mol. The summed E-state index contributed by atoms with van der Waals surface area (Å²) >= 11 is 0. The number of piperidine rings is 2. The Morgan fingerprint density at radius 2 is 1.93 bits per heavy atom. The average molecular weight is 518 g/mol. The fourth-order valence-corrected chi connectivity index (χ4v) is 4.51. The van der Waals surface area contributed by atoms with Crippen LogP contribution < -0.4 is 10.6 Å². The van der Waals surface area contributed by atoms with Gasteiger partial charge in [-0.25, -0.2) is 0 Å². The van der Waals surface area contributed by atoms with Gasteiger partial charge in [-0.1, -0.05) is 13.3 Å². The van der Waals surface area contributed by atoms with Crippen LogP contribution in [0.25, 0.3) is 0 Å². The molecule has 2 aliphatic rings. The molecular weight excluding hydrogens is 477 g/mol. The Hall–Kier alpha value is -0.800. The lowest BCUT2D eigenvalue weighted by Crippen LogP contribution is -2.46. The van der Waals surface area contributed by atoms with Crippen molar-refractivity contribution in [3.63, 3.8) is 0 Å². The second kappa shape index (κ2) is 13.5. The summed E-state index contributed by atoms with van der Waals surface area (Å²) in [4.78, 5) is 9.59. The Morgan fingerprint density at radius 3 is 2.55 bits per heavy atom. The molecule has 0 saturated carbocycles. The van der Waals surface area contributed by atoms with E-state index in [0.29, 0.717) is 0 Å². The zero-order valence-electron chi connectivity index (χ0n) is 18.2. The second-order valence-electron chi connectivity index (χ2n) is 8.25. The van der Waals surface area contributed by atoms with E-state index in [1.165, 1.54) is 58.2 Å². The van der Waals surface area contributed by atoms with Crippen LogP contribution in [-0.4, -0.2) is 68.6 Å². The number of furan rings is 1. The standard InChI is InChI=1S/C22H39N5O.HI/c1-3-11-26-14-9-19(10-15-26)17-24-22(23-2)25-18-20(21-8-7-16-28-21)27-12-5-4-6-13-27;/h7-8,16,19-20H,3-6,9-15,17-18H2,1-2H3,(H2,23,24,25);1H. The van der Waals surface area contributed by atoms with E-state index in [0.717, 1.165) is 43.8 Å². The van der Waals surface area contributed by atoms with Gasteiger partial charge >= 0.3 is 0 Å². The first-order chi connectivity index (χ1) is 13.8. The highest BCUT2D eigenvalue weighted by Crippen LogP contribution is 2.24. The van der Waals surface area contributed by atoms with Gasteiger partial charge in [-0.3, -0.25) is 9.89 Å². The molecule has 166 valence electrons. The number of rotatable bonds is 8. The van der Waals surface area contributed by atoms with Crippen LogP contribution in [0.15, 0.2) is 27.8 Å². The summed E-state index contributed by atoms with van der Waals surface area (Å²) < 4.78 is 5.75. The molecule has 0 amide bonds. The smallest absolute Gasteiger partial charge is 0.191 e. The van der Waals surface area contributed by atoms with Crippen LogP contribution in [0.2, 0.25) is 0 Å². The molecule has 2 aliphatic heterocycles. The number of hydrogen-bond donors (Lipinski definition) is 2. The summed E-state index contributed by atoms with van der Waals surface area (Å²) in [6.45, 7) is 10.1. The number of hydrogen-bond acceptors (Lipinski definition) is 4. The monoisotopic (exact) mass is 517 g/mol. The minimum Gasteiger partial charge on any atom is -0.468 e. The van der Waals surface area contributed by atoms with Gasteiger partial charge in [0, 0.05) is 20.1 Å². The zero-order chi connectivity index (χ0) is 19.6. The van der Waals surface area contributed by atoms with Crippen molar-refractivity contribution in [1.82, 2.24) is 20.4 Å². The molecule has 3 rings (SSSR count). The normalized spacial score (nSPS) is 20.8. The molecule has 1 aromatic heterocycles. The molecule has 2 saturated heterocycles. The highest BCUT2D eigenvalue weighted by molar-refractivity contribution is 14.0. The van der Waals surface area contributed by atoms with Gasteiger partial charge in [0.25, 0.3) is 0 Å². The minimum atomic E-state index is 0. The lowest BCUT2D eigenvalue weighted by Gasteiger charge is -2.34. The lowest BCUT2D eigenvalue weighted by molar-refractivity contribution is 0.146. The average Bonchev–Trinajstić information content (AvgIpc) is 3.27. The van der Waals surface area contributed by atoms with Crippen molar-refractivity contribution in [3.8, 4) is 0 Å². The van der Waals surface area contributed by atoms with Gasteiger partial charge in [0.1, 0.15) is 5.76 Å². The maximum absolute atomic E-state index is 5.75. The number of guanidine groups is 1. The van der Waals surface area contributed by atoms with Gasteiger partial charge in [0.05, 0.1) is 12.3 Å². The van der Waals surface area contributed by atoms with Crippen molar-refractivity contribution < 1.29 is 4.42 Å². The summed E-state index contributed by atoms with van der Waals surface area (Å²) in [5.41, 5.74) is 0. The molecular formula is C22H40IN5O. The van der Waals surface area contributed by atoms with Crippen LogP contribution in [0.4, 0.5) is 0 Å². The lowest BCUT2D eigenvalue weighted by atomic mass is 9.97. The summed E-state index contributed by atoms with van der Waals surface area (Å²) in [6.07, 6.45) is 9.51. The third kappa shape index (κ3) is 7.75. The molecule has 0 aliphatic carbocycles. The predicted octanol–water partition coefficient (Wildman–Crippen LogP) is 3.71. The second-order valence-corrected chi connectivity index (χ2v) is 8.25. The van der Waals surface area contributed by atoms with Gasteiger partial charge in [0.2, 0.25) is 0 Å². The van der Waals surface area contributed by atoms with Gasteiger partial charge in [-0.15, -0.1) is 24.0 Å². The summed E-state index contributed by atoms with van der Waals surface area (Å²) in [6, 6.07) is 4.36. The molecule has 1 aromatic rings. The Morgan fingerprint density at radius 1 is 1.17 bits per heavy atom. The summed E-state index contributed by atoms with van der Waals surface area (Å²) in [5.74, 6) is 2.70. The fourth-order valence-electron chi connectivity index (χ4n) is 4.51. The van der Waals surface area contributed by atoms with E-state index in [4.69, 9.17) is 4.42 Å². The Kier molecular flexibility index (Phi) is 11.4. The van der Waals surface area contributed by atoms with Crippen LogP contribution in [0.3, 0.4) is 0 Å². The first-order valence-electron chi connectivity index (χ1n) is 11.2. The maximum Gasteiger partial charge on any atom is 0.191 e. The van der Waals surface area contributed by atoms with Crippen molar-refractivity contribution in [2.75, 3.05) is 52.9 Å². The van der Waals surface area contributed by atoms with E-state index in [9.17, 15) is 0 Å². The molecule has 1 atom stereocenters. The van der Waals surface area contributed by atoms with E-state index in [1.54, 1.807) is 6.26 Å². The van der Waals surface area contributed by atoms with Gasteiger partial charge in [-0.2, -0.15) is 0 Å². The van der Waals surface area contributed by atoms with Crippen LogP contribution >= 0.6 is 24.0 Å². The van der Waals surface area contributed by atoms with Crippen molar-refractivity contribution in [2.24, 2.45) is 10.9 Å². The van der Waals surface area contributed by atoms with Gasteiger partial charge in [0.15, 0.2) is 5.96 Å². The summed E-state index contributed by atoms with van der Waals surface area (Å²) in [7, 11) is 1.86. The number of nitrogens with zero attached hydrogens (tertiary/aromatic N) is 3. The maximum atomic E-state index is 5.75. The molecule has 7 heteroatoms. The fraction of sp³-hybridized carbons (Fsp3) is 0.773. The number of nitrogens with one attached hydrogen (secondary N) is 2. The molecule has 0 radical (unpaired) electrons. The molecule has 0 aromatic carbocycles. The Labute approximate surface area is 193 Å². The van der Waals surface area contributed by atoms with Crippen LogP contribution in [-0.2, 0) is 0 Å². The number of aliphatic imine (C=N–C) groups is 1. The van der Waals surface area contributed by atoms with Gasteiger partial charge in [-0.05, 0) is 82.9 Å². The molecule has 6 nitrogen and oxygen atoms in total. The van der Waals surface area contributed by atoms with Crippen LogP contribution in [0.1, 0.15) is 57.3 Å². The number of likely N-dealkylation sites (tertiary alicyclic amines) is 2. The molecule has 2 fully saturated rings. The highest BCUT2D eigenvalue weighted by atomic mass is 127. The highest BCUT2D eigenvalue weighted by Gasteiger charge is 2.25. The van der Waals surface area contributed by atoms with E-state index in [2.05, 4.69) is 38.4 Å². The van der Waals surface area contributed by atoms with Crippen LogP contribution in [0, 0.1) is 5.92 Å². The minimum absolute atomic E-state index is 0. The van der Waals surface area contributed by atoms with E-state index in [-0.39, 0.29) is 30.0 Å². The van der Waals surface area contributed by atoms with E-state index < -0.39 is 0 Å². The first kappa shape index (κ1) is 24.5. The molecule has 1 unspecified atom stereocenters. The Bertz CT molecular complexity index is 566. The quantitative estimate of drug-likeness (QED) is 0.313. The van der Waals surface area contributed by atoms with Crippen molar-refractivity contribution in [1.29, 1.82) is 0 Å². The topological polar surface area (TPSA) is 56.0 Å². The zero-order valence-corrected chi connectivity index (χ0v) is 20.6. The van der Waals surface area contributed by atoms with Crippen molar-refractivity contribution in [3.05, 3.63) is 24.2 Å². The van der Waals surface area contributed by atoms with Crippen molar-refractivity contribution >= 4 is 29.9 Å². The van der Waals surface area contributed by atoms with Gasteiger partial charge < -0.3 is 20.0 Å². The van der Waals surface area contributed by atoms with Crippen LogP contribution in [0.5, 0.6) is 0 Å². The molecule has 3 heterocycles. The SMILES string of the molecule is CCCN1CCC(CNC(=NC)NCC(c2ccco2)N2CCCCC2)CC1.I. The third-order valence-corrected chi connectivity index (χ3v) is 6.19. The Balaban J connectivity index is 0.00000300. The van der Waals surface area contributed by atoms with E-state index >= 15 is 0 Å². The first-order valence-corrected chi connectivity index (χ1v) is 11.2. The molecule has 0 bridgehead atoms. The molecule has 29 heavy (non-hydrogen) atoms. The molecule has 0 spiro atoms. The number of halogens is 1. The largest absolute Gasteiger partial charge is 0.468 e. The third-order valence-electron chi connectivity index (χ3n) is 6.19. The van der Waals surface area contributed by atoms with E-state index in [1.807, 2.05) is 13.1 Å². The summed E-state index contributed by atoms with van der Waals surface area (Å²) in [5, 5.41) is 7.11. The van der Waals surface area contributed by atoms with Crippen molar-refractivity contribution in [2.45, 2.75) is 51.5 Å². The molecule has 2 N–H and O–H groups in total.